The van der Waals surface area contributed by atoms with E-state index in [1.54, 1.807) is 6.07 Å². The number of hydrogen-bond acceptors (Lipinski definition) is 4. The quantitative estimate of drug-likeness (QED) is 0.637. The highest BCUT2D eigenvalue weighted by atomic mass is 32.2. The molecule has 0 saturated carbocycles. The summed E-state index contributed by atoms with van der Waals surface area (Å²) >= 11 is 0. The Kier molecular flexibility index (Phi) is 3.92. The second-order valence-corrected chi connectivity index (χ2v) is 6.20. The van der Waals surface area contributed by atoms with Crippen molar-refractivity contribution in [1.82, 2.24) is 0 Å². The van der Waals surface area contributed by atoms with Crippen molar-refractivity contribution >= 4 is 15.5 Å². The van der Waals surface area contributed by atoms with Crippen LogP contribution in [0.2, 0.25) is 0 Å². The maximum Gasteiger partial charge on any atom is 0.422 e. The summed E-state index contributed by atoms with van der Waals surface area (Å²) in [6.45, 7) is 0. The lowest BCUT2D eigenvalue weighted by Gasteiger charge is -2.09. The zero-order valence-corrected chi connectivity index (χ0v) is 11.6. The molecule has 22 heavy (non-hydrogen) atoms. The minimum atomic E-state index is -4.95. The smallest absolute Gasteiger partial charge is 0.258 e. The second-order valence-electron chi connectivity index (χ2n) is 4.25. The Balaban J connectivity index is 2.64. The van der Waals surface area contributed by atoms with Gasteiger partial charge in [-0.3, -0.25) is 10.1 Å². The maximum atomic E-state index is 12.7. The van der Waals surface area contributed by atoms with E-state index in [9.17, 15) is 31.7 Å². The standard InChI is InChI=1S/C13H8F3NO4S/c14-13(15,16)11-7-6-10(8-12(11)17(18)19)22(20,21)9-4-2-1-3-5-9/h1-8H. The molecule has 0 aromatic heterocycles. The summed E-state index contributed by atoms with van der Waals surface area (Å²) in [7, 11) is -4.13. The first-order valence-corrected chi connectivity index (χ1v) is 7.28. The predicted molar refractivity (Wildman–Crippen MR) is 70.0 cm³/mol. The predicted octanol–water partition coefficient (Wildman–Crippen LogP) is 3.45. The summed E-state index contributed by atoms with van der Waals surface area (Å²) in [4.78, 5) is 8.80. The number of halogens is 3. The van der Waals surface area contributed by atoms with E-state index in [-0.39, 0.29) is 4.90 Å². The number of nitro benzene ring substituents is 1. The SMILES string of the molecule is O=[N+]([O-])c1cc(S(=O)(=O)c2ccccc2)ccc1C(F)(F)F. The fourth-order valence-corrected chi connectivity index (χ4v) is 3.11. The van der Waals surface area contributed by atoms with Crippen LogP contribution >= 0.6 is 0 Å². The lowest BCUT2D eigenvalue weighted by atomic mass is 10.2. The first kappa shape index (κ1) is 16.0. The number of benzene rings is 2. The molecule has 0 bridgehead atoms. The molecule has 0 saturated heterocycles. The Hall–Kier alpha value is -2.42. The van der Waals surface area contributed by atoms with Crippen molar-refractivity contribution in [3.63, 3.8) is 0 Å². The van der Waals surface area contributed by atoms with Gasteiger partial charge in [0.15, 0.2) is 0 Å². The topological polar surface area (TPSA) is 77.3 Å². The Morgan fingerprint density at radius 1 is 0.955 bits per heavy atom. The monoisotopic (exact) mass is 331 g/mol. The molecule has 0 heterocycles. The van der Waals surface area contributed by atoms with E-state index < -0.39 is 37.1 Å². The summed E-state index contributed by atoms with van der Waals surface area (Å²) in [5.41, 5.74) is -2.80. The maximum absolute atomic E-state index is 12.7. The minimum absolute atomic E-state index is 0.163. The van der Waals surface area contributed by atoms with Crippen LogP contribution in [0.3, 0.4) is 0 Å². The van der Waals surface area contributed by atoms with E-state index in [1.165, 1.54) is 24.3 Å². The third-order valence-corrected chi connectivity index (χ3v) is 4.60. The van der Waals surface area contributed by atoms with E-state index in [0.29, 0.717) is 18.2 Å². The molecule has 2 aromatic rings. The van der Waals surface area contributed by atoms with Crippen molar-refractivity contribution < 1.29 is 26.5 Å². The molecule has 0 atom stereocenters. The van der Waals surface area contributed by atoms with Crippen LogP contribution in [0.5, 0.6) is 0 Å². The van der Waals surface area contributed by atoms with Gasteiger partial charge in [0.25, 0.3) is 5.69 Å². The molecule has 2 aromatic carbocycles. The van der Waals surface area contributed by atoms with Crippen LogP contribution in [-0.4, -0.2) is 13.3 Å². The minimum Gasteiger partial charge on any atom is -0.258 e. The van der Waals surface area contributed by atoms with E-state index in [2.05, 4.69) is 0 Å². The summed E-state index contributed by atoms with van der Waals surface area (Å²) in [6, 6.07) is 8.46. The van der Waals surface area contributed by atoms with Crippen molar-refractivity contribution in [1.29, 1.82) is 0 Å². The van der Waals surface area contributed by atoms with E-state index in [4.69, 9.17) is 0 Å². The molecular formula is C13H8F3NO4S. The number of rotatable bonds is 3. The first-order chi connectivity index (χ1) is 10.1. The molecular weight excluding hydrogens is 323 g/mol. The summed E-state index contributed by atoms with van der Waals surface area (Å²) < 4.78 is 62.6. The van der Waals surface area contributed by atoms with Gasteiger partial charge in [-0.15, -0.1) is 0 Å². The Bertz CT molecular complexity index is 817. The molecule has 0 aliphatic heterocycles. The molecule has 0 aliphatic carbocycles. The fourth-order valence-electron chi connectivity index (χ4n) is 1.81. The van der Waals surface area contributed by atoms with Crippen LogP contribution < -0.4 is 0 Å². The molecule has 0 fully saturated rings. The normalized spacial score (nSPS) is 12.1. The number of alkyl halides is 3. The van der Waals surface area contributed by atoms with Crippen molar-refractivity contribution in [2.24, 2.45) is 0 Å². The summed E-state index contributed by atoms with van der Waals surface area (Å²) in [6.07, 6.45) is -4.95. The van der Waals surface area contributed by atoms with Crippen LogP contribution in [0.4, 0.5) is 18.9 Å². The number of hydrogen-bond donors (Lipinski definition) is 0. The van der Waals surface area contributed by atoms with E-state index in [0.717, 1.165) is 0 Å². The second kappa shape index (κ2) is 5.41. The van der Waals surface area contributed by atoms with Gasteiger partial charge in [-0.25, -0.2) is 8.42 Å². The van der Waals surface area contributed by atoms with Gasteiger partial charge in [0, 0.05) is 6.07 Å². The molecule has 0 radical (unpaired) electrons. The van der Waals surface area contributed by atoms with Gasteiger partial charge in [-0.1, -0.05) is 18.2 Å². The average molecular weight is 331 g/mol. The average Bonchev–Trinajstić information content (AvgIpc) is 2.46. The molecule has 0 N–H and O–H groups in total. The fraction of sp³-hybridized carbons (Fsp3) is 0.0769. The first-order valence-electron chi connectivity index (χ1n) is 5.80. The van der Waals surface area contributed by atoms with Crippen LogP contribution in [0.1, 0.15) is 5.56 Å². The highest BCUT2D eigenvalue weighted by Crippen LogP contribution is 2.37. The van der Waals surface area contributed by atoms with Crippen LogP contribution in [0.15, 0.2) is 58.3 Å². The van der Waals surface area contributed by atoms with Crippen molar-refractivity contribution in [2.45, 2.75) is 16.0 Å². The Labute approximate surface area is 123 Å². The van der Waals surface area contributed by atoms with Crippen molar-refractivity contribution in [3.05, 3.63) is 64.2 Å². The number of nitrogens with zero attached hydrogens (tertiary/aromatic N) is 1. The molecule has 5 nitrogen and oxygen atoms in total. The van der Waals surface area contributed by atoms with E-state index >= 15 is 0 Å². The lowest BCUT2D eigenvalue weighted by molar-refractivity contribution is -0.388. The lowest BCUT2D eigenvalue weighted by Crippen LogP contribution is -2.10. The summed E-state index contributed by atoms with van der Waals surface area (Å²) in [5, 5.41) is 10.8. The van der Waals surface area contributed by atoms with Gasteiger partial charge in [0.2, 0.25) is 9.84 Å². The number of nitro groups is 1. The van der Waals surface area contributed by atoms with Crippen molar-refractivity contribution in [2.75, 3.05) is 0 Å². The third kappa shape index (κ3) is 2.93. The Morgan fingerprint density at radius 3 is 2.05 bits per heavy atom. The highest BCUT2D eigenvalue weighted by molar-refractivity contribution is 7.91. The Morgan fingerprint density at radius 2 is 1.55 bits per heavy atom. The van der Waals surface area contributed by atoms with Crippen molar-refractivity contribution in [3.8, 4) is 0 Å². The van der Waals surface area contributed by atoms with Gasteiger partial charge in [-0.2, -0.15) is 13.2 Å². The van der Waals surface area contributed by atoms with Gasteiger partial charge >= 0.3 is 6.18 Å². The molecule has 2 rings (SSSR count). The van der Waals surface area contributed by atoms with Gasteiger partial charge in [-0.05, 0) is 24.3 Å². The molecule has 0 spiro atoms. The van der Waals surface area contributed by atoms with Gasteiger partial charge in [0.05, 0.1) is 14.7 Å². The van der Waals surface area contributed by atoms with Crippen LogP contribution in [0.25, 0.3) is 0 Å². The van der Waals surface area contributed by atoms with Crippen LogP contribution in [-0.2, 0) is 16.0 Å². The zero-order valence-electron chi connectivity index (χ0n) is 10.7. The van der Waals surface area contributed by atoms with Gasteiger partial charge < -0.3 is 0 Å². The summed E-state index contributed by atoms with van der Waals surface area (Å²) in [5.74, 6) is 0. The zero-order chi connectivity index (χ0) is 16.5. The largest absolute Gasteiger partial charge is 0.422 e. The van der Waals surface area contributed by atoms with E-state index in [1.807, 2.05) is 0 Å². The highest BCUT2D eigenvalue weighted by Gasteiger charge is 2.39. The number of sulfone groups is 1. The molecule has 116 valence electrons. The molecule has 0 unspecified atom stereocenters. The van der Waals surface area contributed by atoms with Gasteiger partial charge in [0.1, 0.15) is 5.56 Å². The molecule has 9 heteroatoms. The molecule has 0 aliphatic rings. The molecule has 0 amide bonds. The van der Waals surface area contributed by atoms with Crippen LogP contribution in [0, 0.1) is 10.1 Å². The third-order valence-electron chi connectivity index (χ3n) is 2.84.